The van der Waals surface area contributed by atoms with Crippen LogP contribution < -0.4 is 5.32 Å². The molecule has 1 aliphatic heterocycles. The molecule has 2 aromatic rings. The number of amides is 1. The van der Waals surface area contributed by atoms with Gasteiger partial charge in [-0.3, -0.25) is 4.79 Å². The molecule has 3 rings (SSSR count). The molecule has 150 valence electrons. The number of carbonyl (C=O) groups excluding carboxylic acids is 1. The quantitative estimate of drug-likeness (QED) is 0.749. The lowest BCUT2D eigenvalue weighted by Gasteiger charge is -2.34. The van der Waals surface area contributed by atoms with E-state index in [0.717, 1.165) is 24.9 Å². The molecule has 0 bridgehead atoms. The zero-order valence-corrected chi connectivity index (χ0v) is 17.5. The number of aryl methyl sites for hydroxylation is 1. The highest BCUT2D eigenvalue weighted by atomic mass is 35.5. The van der Waals surface area contributed by atoms with Gasteiger partial charge in [0, 0.05) is 29.7 Å². The first kappa shape index (κ1) is 20.8. The topological polar surface area (TPSA) is 66.5 Å². The Bertz CT molecular complexity index is 912. The van der Waals surface area contributed by atoms with Crippen molar-refractivity contribution in [2.45, 2.75) is 50.0 Å². The van der Waals surface area contributed by atoms with Crippen LogP contribution in [0.2, 0.25) is 5.02 Å². The standard InChI is InChI=1S/C21H25ClN2O3S/c1-2-16-6-10-18(11-7-16)23-21(25)15-19-5-3-4-14-24(19)28(26,27)20-12-8-17(22)9-13-20/h6-13,19H,2-5,14-15H2,1H3,(H,23,25)/t19-/m1/s1. The third-order valence-electron chi connectivity index (χ3n) is 5.06. The number of hydrogen-bond acceptors (Lipinski definition) is 3. The molecule has 2 aromatic carbocycles. The normalized spacial score (nSPS) is 18.0. The monoisotopic (exact) mass is 420 g/mol. The van der Waals surface area contributed by atoms with E-state index in [1.807, 2.05) is 24.3 Å². The average molecular weight is 421 g/mol. The van der Waals surface area contributed by atoms with E-state index < -0.39 is 10.0 Å². The number of nitrogens with zero attached hydrogens (tertiary/aromatic N) is 1. The van der Waals surface area contributed by atoms with E-state index in [2.05, 4.69) is 12.2 Å². The Labute approximate surface area is 171 Å². The third-order valence-corrected chi connectivity index (χ3v) is 7.28. The van der Waals surface area contributed by atoms with E-state index in [1.54, 1.807) is 12.1 Å². The largest absolute Gasteiger partial charge is 0.326 e. The summed E-state index contributed by atoms with van der Waals surface area (Å²) >= 11 is 5.88. The van der Waals surface area contributed by atoms with Gasteiger partial charge in [-0.1, -0.05) is 37.1 Å². The number of carbonyl (C=O) groups is 1. The Morgan fingerprint density at radius 2 is 1.79 bits per heavy atom. The van der Waals surface area contributed by atoms with Gasteiger partial charge >= 0.3 is 0 Å². The van der Waals surface area contributed by atoms with Crippen LogP contribution in [0.5, 0.6) is 0 Å². The highest BCUT2D eigenvalue weighted by molar-refractivity contribution is 7.89. The van der Waals surface area contributed by atoms with Gasteiger partial charge in [0.15, 0.2) is 0 Å². The van der Waals surface area contributed by atoms with E-state index in [9.17, 15) is 13.2 Å². The minimum Gasteiger partial charge on any atom is -0.326 e. The highest BCUT2D eigenvalue weighted by Crippen LogP contribution is 2.28. The first-order valence-electron chi connectivity index (χ1n) is 9.56. The molecular formula is C21H25ClN2O3S. The van der Waals surface area contributed by atoms with Crippen LogP contribution in [-0.2, 0) is 21.2 Å². The summed E-state index contributed by atoms with van der Waals surface area (Å²) in [5.74, 6) is -0.174. The Kier molecular flexibility index (Phi) is 6.75. The van der Waals surface area contributed by atoms with Crippen LogP contribution in [0.25, 0.3) is 0 Å². The van der Waals surface area contributed by atoms with Crippen molar-refractivity contribution in [1.82, 2.24) is 4.31 Å². The summed E-state index contributed by atoms with van der Waals surface area (Å²) in [4.78, 5) is 12.7. The summed E-state index contributed by atoms with van der Waals surface area (Å²) in [6, 6.07) is 13.5. The van der Waals surface area contributed by atoms with Crippen LogP contribution in [0.4, 0.5) is 5.69 Å². The number of rotatable bonds is 6. The number of benzene rings is 2. The first-order valence-corrected chi connectivity index (χ1v) is 11.4. The Morgan fingerprint density at radius 1 is 1.11 bits per heavy atom. The first-order chi connectivity index (χ1) is 13.4. The van der Waals surface area contributed by atoms with Crippen LogP contribution in [0.1, 0.15) is 38.2 Å². The molecular weight excluding hydrogens is 396 g/mol. The van der Waals surface area contributed by atoms with Crippen LogP contribution in [0, 0.1) is 0 Å². The van der Waals surface area contributed by atoms with Crippen molar-refractivity contribution in [3.63, 3.8) is 0 Å². The van der Waals surface area contributed by atoms with Gasteiger partial charge in [0.1, 0.15) is 0 Å². The molecule has 28 heavy (non-hydrogen) atoms. The fraction of sp³-hybridized carbons (Fsp3) is 0.381. The second-order valence-corrected chi connectivity index (χ2v) is 9.35. The summed E-state index contributed by atoms with van der Waals surface area (Å²) in [5, 5.41) is 3.37. The van der Waals surface area contributed by atoms with E-state index in [-0.39, 0.29) is 23.3 Å². The second kappa shape index (κ2) is 9.07. The van der Waals surface area contributed by atoms with Gasteiger partial charge in [-0.05, 0) is 61.2 Å². The molecule has 1 N–H and O–H groups in total. The van der Waals surface area contributed by atoms with E-state index in [0.29, 0.717) is 18.0 Å². The third kappa shape index (κ3) is 4.93. The van der Waals surface area contributed by atoms with E-state index in [4.69, 9.17) is 11.6 Å². The van der Waals surface area contributed by atoms with Gasteiger partial charge in [-0.2, -0.15) is 4.31 Å². The molecule has 1 aliphatic rings. The summed E-state index contributed by atoms with van der Waals surface area (Å²) in [5.41, 5.74) is 1.93. The minimum atomic E-state index is -3.66. The molecule has 0 spiro atoms. The molecule has 0 unspecified atom stereocenters. The summed E-state index contributed by atoms with van der Waals surface area (Å²) in [7, 11) is -3.66. The predicted molar refractivity (Wildman–Crippen MR) is 112 cm³/mol. The van der Waals surface area contributed by atoms with Gasteiger partial charge in [0.2, 0.25) is 15.9 Å². The van der Waals surface area contributed by atoms with Crippen LogP contribution >= 0.6 is 11.6 Å². The van der Waals surface area contributed by atoms with E-state index in [1.165, 1.54) is 22.0 Å². The van der Waals surface area contributed by atoms with Crippen molar-refractivity contribution in [2.24, 2.45) is 0 Å². The Balaban J connectivity index is 1.71. The second-order valence-electron chi connectivity index (χ2n) is 7.02. The van der Waals surface area contributed by atoms with Gasteiger partial charge in [-0.25, -0.2) is 8.42 Å². The van der Waals surface area contributed by atoms with Crippen LogP contribution in [-0.4, -0.2) is 31.2 Å². The zero-order chi connectivity index (χ0) is 20.1. The molecule has 0 aliphatic carbocycles. The molecule has 0 radical (unpaired) electrons. The molecule has 7 heteroatoms. The molecule has 1 saturated heterocycles. The summed E-state index contributed by atoms with van der Waals surface area (Å²) < 4.78 is 27.6. The molecule has 1 heterocycles. The van der Waals surface area contributed by atoms with Crippen molar-refractivity contribution in [1.29, 1.82) is 0 Å². The van der Waals surface area contributed by atoms with Crippen molar-refractivity contribution in [3.05, 3.63) is 59.1 Å². The van der Waals surface area contributed by atoms with Crippen molar-refractivity contribution in [3.8, 4) is 0 Å². The smallest absolute Gasteiger partial charge is 0.243 e. The fourth-order valence-corrected chi connectivity index (χ4v) is 5.30. The SMILES string of the molecule is CCc1ccc(NC(=O)C[C@H]2CCCCN2S(=O)(=O)c2ccc(Cl)cc2)cc1. The number of halogens is 1. The van der Waals surface area contributed by atoms with Crippen LogP contribution in [0.15, 0.2) is 53.4 Å². The Hall–Kier alpha value is -1.89. The lowest BCUT2D eigenvalue weighted by atomic mass is 10.0. The molecule has 1 atom stereocenters. The number of nitrogens with one attached hydrogen (secondary N) is 1. The molecule has 5 nitrogen and oxygen atoms in total. The predicted octanol–water partition coefficient (Wildman–Crippen LogP) is 4.47. The number of anilines is 1. The number of sulfonamides is 1. The zero-order valence-electron chi connectivity index (χ0n) is 15.9. The number of piperidine rings is 1. The maximum Gasteiger partial charge on any atom is 0.243 e. The van der Waals surface area contributed by atoms with Crippen molar-refractivity contribution < 1.29 is 13.2 Å². The van der Waals surface area contributed by atoms with Gasteiger partial charge < -0.3 is 5.32 Å². The number of hydrogen-bond donors (Lipinski definition) is 1. The summed E-state index contributed by atoms with van der Waals surface area (Å²) in [6.45, 7) is 2.50. The van der Waals surface area contributed by atoms with Crippen LogP contribution in [0.3, 0.4) is 0 Å². The summed E-state index contributed by atoms with van der Waals surface area (Å²) in [6.07, 6.45) is 3.46. The Morgan fingerprint density at radius 3 is 2.43 bits per heavy atom. The van der Waals surface area contributed by atoms with E-state index >= 15 is 0 Å². The van der Waals surface area contributed by atoms with Gasteiger partial charge in [0.05, 0.1) is 4.90 Å². The lowest BCUT2D eigenvalue weighted by molar-refractivity contribution is -0.117. The molecule has 0 saturated carbocycles. The fourth-order valence-electron chi connectivity index (χ4n) is 3.49. The van der Waals surface area contributed by atoms with Gasteiger partial charge in [-0.15, -0.1) is 0 Å². The van der Waals surface area contributed by atoms with Crippen molar-refractivity contribution in [2.75, 3.05) is 11.9 Å². The molecule has 0 aromatic heterocycles. The maximum atomic E-state index is 13.1. The molecule has 1 fully saturated rings. The lowest BCUT2D eigenvalue weighted by Crippen LogP contribution is -2.45. The minimum absolute atomic E-state index is 0.141. The van der Waals surface area contributed by atoms with Crippen molar-refractivity contribution >= 4 is 33.2 Å². The average Bonchev–Trinajstić information content (AvgIpc) is 2.69. The highest BCUT2D eigenvalue weighted by Gasteiger charge is 2.34. The molecule has 1 amide bonds. The van der Waals surface area contributed by atoms with Gasteiger partial charge in [0.25, 0.3) is 0 Å². The maximum absolute atomic E-state index is 13.1.